The van der Waals surface area contributed by atoms with Crippen LogP contribution in [0, 0.1) is 0 Å². The van der Waals surface area contributed by atoms with Gasteiger partial charge in [0.1, 0.15) is 23.0 Å². The normalized spacial score (nSPS) is 10.8. The number of nitrogens with zero attached hydrogens (tertiary/aromatic N) is 8. The van der Waals surface area contributed by atoms with Crippen LogP contribution in [0.25, 0.3) is 22.8 Å². The van der Waals surface area contributed by atoms with E-state index in [9.17, 15) is 0 Å². The Kier molecular flexibility index (Phi) is 5.57. The van der Waals surface area contributed by atoms with Crippen molar-refractivity contribution in [1.29, 1.82) is 0 Å². The van der Waals surface area contributed by atoms with Crippen LogP contribution in [0.5, 0.6) is 23.0 Å². The van der Waals surface area contributed by atoms with E-state index in [1.807, 2.05) is 45.8 Å². The van der Waals surface area contributed by atoms with Crippen LogP contribution < -0.4 is 9.47 Å². The summed E-state index contributed by atoms with van der Waals surface area (Å²) >= 11 is 0. The quantitative estimate of drug-likeness (QED) is 0.322. The van der Waals surface area contributed by atoms with Crippen molar-refractivity contribution in [2.75, 3.05) is 0 Å². The van der Waals surface area contributed by atoms with Crippen molar-refractivity contribution in [1.82, 2.24) is 39.0 Å². The zero-order chi connectivity index (χ0) is 24.2. The van der Waals surface area contributed by atoms with Crippen molar-refractivity contribution in [2.24, 2.45) is 0 Å². The minimum Gasteiger partial charge on any atom is -0.456 e. The second-order valence-corrected chi connectivity index (χ2v) is 7.66. The van der Waals surface area contributed by atoms with Crippen LogP contribution in [0.1, 0.15) is 0 Å². The van der Waals surface area contributed by atoms with Crippen LogP contribution in [0.3, 0.4) is 0 Å². The Morgan fingerprint density at radius 2 is 1.00 bits per heavy atom. The summed E-state index contributed by atoms with van der Waals surface area (Å²) in [6, 6.07) is 11.0. The second-order valence-electron chi connectivity index (χ2n) is 7.66. The average Bonchev–Trinajstić information content (AvgIpc) is 3.65. The van der Waals surface area contributed by atoms with Crippen molar-refractivity contribution < 1.29 is 9.47 Å². The predicted octanol–water partition coefficient (Wildman–Crippen LogP) is 4.89. The summed E-state index contributed by atoms with van der Waals surface area (Å²) in [7, 11) is 0. The van der Waals surface area contributed by atoms with E-state index in [0.717, 1.165) is 11.4 Å². The highest BCUT2D eigenvalue weighted by molar-refractivity contribution is 5.58. The summed E-state index contributed by atoms with van der Waals surface area (Å²) in [6.45, 7) is 0. The summed E-state index contributed by atoms with van der Waals surface area (Å²) in [6.07, 6.45) is 20.6. The molecule has 174 valence electrons. The highest BCUT2D eigenvalue weighted by atomic mass is 16.5. The van der Waals surface area contributed by atoms with Crippen LogP contribution in [0.15, 0.2) is 111 Å². The Balaban J connectivity index is 1.22. The summed E-state index contributed by atoms with van der Waals surface area (Å²) in [5, 5.41) is 0. The van der Waals surface area contributed by atoms with Gasteiger partial charge in [0.05, 0.1) is 60.2 Å². The van der Waals surface area contributed by atoms with E-state index in [1.54, 1.807) is 74.4 Å². The van der Waals surface area contributed by atoms with Gasteiger partial charge in [-0.25, -0.2) is 9.97 Å². The molecule has 10 nitrogen and oxygen atoms in total. The summed E-state index contributed by atoms with van der Waals surface area (Å²) < 4.78 is 15.8. The van der Waals surface area contributed by atoms with E-state index >= 15 is 0 Å². The van der Waals surface area contributed by atoms with Crippen LogP contribution in [-0.4, -0.2) is 39.0 Å². The average molecular weight is 474 g/mol. The minimum absolute atomic E-state index is 0.591. The van der Waals surface area contributed by atoms with E-state index in [0.29, 0.717) is 34.4 Å². The number of hydrogen-bond acceptors (Lipinski definition) is 8. The Morgan fingerprint density at radius 1 is 0.500 bits per heavy atom. The molecule has 0 bridgehead atoms. The lowest BCUT2D eigenvalue weighted by molar-refractivity contribution is 0.478. The summed E-state index contributed by atoms with van der Waals surface area (Å²) in [5.74, 6) is 2.40. The van der Waals surface area contributed by atoms with E-state index in [4.69, 9.17) is 9.47 Å². The van der Waals surface area contributed by atoms with Crippen molar-refractivity contribution in [3.05, 3.63) is 111 Å². The van der Waals surface area contributed by atoms with Gasteiger partial charge < -0.3 is 18.6 Å². The highest BCUT2D eigenvalue weighted by Gasteiger charge is 2.08. The largest absolute Gasteiger partial charge is 0.456 e. The third-order valence-corrected chi connectivity index (χ3v) is 5.20. The molecule has 0 saturated carbocycles. The Bertz CT molecular complexity index is 1480. The van der Waals surface area contributed by atoms with Gasteiger partial charge in [0.2, 0.25) is 0 Å². The van der Waals surface area contributed by atoms with Gasteiger partial charge in [0.25, 0.3) is 0 Å². The van der Waals surface area contributed by atoms with E-state index in [-0.39, 0.29) is 0 Å². The number of hydrogen-bond donors (Lipinski definition) is 0. The fourth-order valence-corrected chi connectivity index (χ4v) is 3.53. The Hall–Kier alpha value is -5.38. The molecule has 0 amide bonds. The molecule has 0 fully saturated rings. The Morgan fingerprint density at radius 3 is 1.44 bits per heavy atom. The molecule has 0 aliphatic heterocycles. The van der Waals surface area contributed by atoms with Crippen LogP contribution in [0.4, 0.5) is 0 Å². The van der Waals surface area contributed by atoms with Crippen molar-refractivity contribution in [3.63, 3.8) is 0 Å². The number of pyridine rings is 4. The maximum absolute atomic E-state index is 6.04. The van der Waals surface area contributed by atoms with Gasteiger partial charge in [-0.2, -0.15) is 0 Å². The first kappa shape index (κ1) is 21.2. The lowest BCUT2D eigenvalue weighted by Gasteiger charge is -2.10. The number of imidazole rings is 2. The lowest BCUT2D eigenvalue weighted by atomic mass is 10.2. The monoisotopic (exact) mass is 474 g/mol. The molecule has 6 aromatic heterocycles. The molecule has 0 unspecified atom stereocenters. The van der Waals surface area contributed by atoms with E-state index in [1.165, 1.54) is 0 Å². The van der Waals surface area contributed by atoms with Gasteiger partial charge in [-0.1, -0.05) is 0 Å². The number of rotatable bonds is 7. The topological polar surface area (TPSA) is 106 Å². The molecule has 0 aliphatic carbocycles. The van der Waals surface area contributed by atoms with Crippen LogP contribution in [-0.2, 0) is 0 Å². The van der Waals surface area contributed by atoms with Crippen molar-refractivity contribution >= 4 is 0 Å². The maximum atomic E-state index is 6.04. The lowest BCUT2D eigenvalue weighted by Crippen LogP contribution is -1.95. The van der Waals surface area contributed by atoms with Gasteiger partial charge in [0.15, 0.2) is 0 Å². The molecule has 0 aliphatic rings. The van der Waals surface area contributed by atoms with Crippen LogP contribution >= 0.6 is 0 Å². The van der Waals surface area contributed by atoms with Gasteiger partial charge >= 0.3 is 0 Å². The van der Waals surface area contributed by atoms with Gasteiger partial charge in [-0.15, -0.1) is 0 Å². The number of ether oxygens (including phenoxy) is 2. The van der Waals surface area contributed by atoms with Gasteiger partial charge in [-0.05, 0) is 12.1 Å². The molecule has 36 heavy (non-hydrogen) atoms. The highest BCUT2D eigenvalue weighted by Crippen LogP contribution is 2.29. The summed E-state index contributed by atoms with van der Waals surface area (Å²) in [5.41, 5.74) is 2.97. The van der Waals surface area contributed by atoms with Crippen molar-refractivity contribution in [3.8, 4) is 45.8 Å². The summed E-state index contributed by atoms with van der Waals surface area (Å²) in [4.78, 5) is 25.6. The molecular weight excluding hydrogens is 456 g/mol. The molecule has 10 heteroatoms. The number of aromatic nitrogens is 8. The van der Waals surface area contributed by atoms with E-state index in [2.05, 4.69) is 29.9 Å². The van der Waals surface area contributed by atoms with E-state index < -0.39 is 0 Å². The smallest absolute Gasteiger partial charge is 0.147 e. The molecule has 0 N–H and O–H groups in total. The SMILES string of the molecule is c1cn(-c2cncc(Oc3ccnc(-c4cc(Oc5cncc(-n6ccnc6)c5)ccn4)c3)c2)cn1. The molecule has 0 spiro atoms. The maximum Gasteiger partial charge on any atom is 0.147 e. The van der Waals surface area contributed by atoms with Gasteiger partial charge in [0, 0.05) is 61.4 Å². The fourth-order valence-electron chi connectivity index (χ4n) is 3.53. The molecule has 6 rings (SSSR count). The zero-order valence-electron chi connectivity index (χ0n) is 18.8. The van der Waals surface area contributed by atoms with Crippen LogP contribution in [0.2, 0.25) is 0 Å². The molecule has 6 aromatic rings. The first-order chi connectivity index (χ1) is 17.8. The first-order valence-electron chi connectivity index (χ1n) is 11.0. The zero-order valence-corrected chi connectivity index (χ0v) is 18.8. The molecule has 0 atom stereocenters. The molecule has 0 radical (unpaired) electrons. The Labute approximate surface area is 205 Å². The molecule has 6 heterocycles. The molecular formula is C26H18N8O2. The van der Waals surface area contributed by atoms with Crippen molar-refractivity contribution in [2.45, 2.75) is 0 Å². The third-order valence-electron chi connectivity index (χ3n) is 5.20. The standard InChI is InChI=1S/C26H18N8O2/c1-3-31-25(11-21(1)35-23-9-19(13-29-15-23)33-7-5-27-17-33)26-12-22(2-4-32-26)36-24-10-20(14-30-16-24)34-8-6-28-18-34/h1-18H. The predicted molar refractivity (Wildman–Crippen MR) is 130 cm³/mol. The second kappa shape index (κ2) is 9.47. The van der Waals surface area contributed by atoms with Gasteiger partial charge in [-0.3, -0.25) is 19.9 Å². The molecule has 0 aromatic carbocycles. The third kappa shape index (κ3) is 4.64. The molecule has 0 saturated heterocycles. The minimum atomic E-state index is 0.591. The first-order valence-corrected chi connectivity index (χ1v) is 11.0. The fraction of sp³-hybridized carbons (Fsp3) is 0.